The van der Waals surface area contributed by atoms with E-state index in [1.165, 1.54) is 25.6 Å². The molecule has 0 aliphatic heterocycles. The van der Waals surface area contributed by atoms with E-state index in [1.807, 2.05) is 0 Å². The lowest BCUT2D eigenvalue weighted by Gasteiger charge is -2.04. The van der Waals surface area contributed by atoms with Crippen molar-refractivity contribution in [1.29, 1.82) is 0 Å². The Morgan fingerprint density at radius 1 is 1.38 bits per heavy atom. The third kappa shape index (κ3) is 3.96. The van der Waals surface area contributed by atoms with Gasteiger partial charge in [0.1, 0.15) is 11.3 Å². The second-order valence-corrected chi connectivity index (χ2v) is 7.23. The van der Waals surface area contributed by atoms with Crippen LogP contribution in [0.15, 0.2) is 12.1 Å². The van der Waals surface area contributed by atoms with E-state index >= 15 is 0 Å². The van der Waals surface area contributed by atoms with Crippen LogP contribution in [0.4, 0.5) is 10.8 Å². The van der Waals surface area contributed by atoms with Crippen LogP contribution in [0.5, 0.6) is 5.75 Å². The molecule has 0 aliphatic carbocycles. The predicted molar refractivity (Wildman–Crippen MR) is 84.5 cm³/mol. The predicted octanol–water partition coefficient (Wildman–Crippen LogP) is 1.67. The maximum absolute atomic E-state index is 11.9. The highest BCUT2D eigenvalue weighted by Gasteiger charge is 2.15. The highest BCUT2D eigenvalue weighted by atomic mass is 32.2. The molecule has 0 bridgehead atoms. The smallest absolute Gasteiger partial charge is 0.234 e. The number of rotatable bonds is 7. The van der Waals surface area contributed by atoms with Crippen molar-refractivity contribution >= 4 is 42.4 Å². The number of nitrogens with two attached hydrogens (primary N) is 1. The van der Waals surface area contributed by atoms with Crippen LogP contribution < -0.4 is 15.2 Å². The Hall–Kier alpha value is -1.58. The Kier molecular flexibility index (Phi) is 4.86. The van der Waals surface area contributed by atoms with E-state index in [1.54, 1.807) is 12.1 Å². The monoisotopic (exact) mass is 331 g/mol. The number of aromatic nitrogens is 1. The molecule has 3 N–H and O–H groups in total. The highest BCUT2D eigenvalue weighted by Crippen LogP contribution is 2.34. The first-order valence-corrected chi connectivity index (χ1v) is 8.65. The summed E-state index contributed by atoms with van der Waals surface area (Å²) < 4.78 is 37.1. The average Bonchev–Trinajstić information content (AvgIpc) is 2.78. The summed E-state index contributed by atoms with van der Waals surface area (Å²) >= 11 is 1.21. The van der Waals surface area contributed by atoms with Crippen molar-refractivity contribution in [1.82, 2.24) is 4.98 Å². The van der Waals surface area contributed by atoms with Gasteiger partial charge in [-0.1, -0.05) is 11.3 Å². The van der Waals surface area contributed by atoms with Gasteiger partial charge in [-0.05, 0) is 12.5 Å². The van der Waals surface area contributed by atoms with E-state index in [9.17, 15) is 8.42 Å². The molecule has 1 aromatic heterocycles. The zero-order valence-corrected chi connectivity index (χ0v) is 13.4. The fraction of sp³-hybridized carbons (Fsp3) is 0.417. The quantitative estimate of drug-likeness (QED) is 0.591. The van der Waals surface area contributed by atoms with Crippen molar-refractivity contribution in [3.63, 3.8) is 0 Å². The zero-order chi connectivity index (χ0) is 15.5. The molecule has 0 unspecified atom stereocenters. The maximum Gasteiger partial charge on any atom is 0.234 e. The molecule has 0 atom stereocenters. The number of sulfonamides is 1. The van der Waals surface area contributed by atoms with E-state index in [4.69, 9.17) is 15.2 Å². The first-order valence-electron chi connectivity index (χ1n) is 6.18. The second-order valence-electron chi connectivity index (χ2n) is 4.36. The molecule has 1 heterocycles. The first kappa shape index (κ1) is 15.8. The Morgan fingerprint density at radius 3 is 2.81 bits per heavy atom. The zero-order valence-electron chi connectivity index (χ0n) is 11.8. The molecule has 9 heteroatoms. The van der Waals surface area contributed by atoms with Crippen LogP contribution in [-0.2, 0) is 14.8 Å². The number of benzene rings is 1. The van der Waals surface area contributed by atoms with Crippen molar-refractivity contribution in [3.8, 4) is 5.75 Å². The number of nitrogens with one attached hydrogen (secondary N) is 1. The van der Waals surface area contributed by atoms with E-state index in [0.717, 1.165) is 4.70 Å². The average molecular weight is 331 g/mol. The second kappa shape index (κ2) is 6.46. The molecule has 0 saturated heterocycles. The summed E-state index contributed by atoms with van der Waals surface area (Å²) in [6, 6.07) is 3.39. The summed E-state index contributed by atoms with van der Waals surface area (Å²) in [5.41, 5.74) is 6.89. The van der Waals surface area contributed by atoms with Gasteiger partial charge in [0.25, 0.3) is 0 Å². The topological polar surface area (TPSA) is 104 Å². The summed E-state index contributed by atoms with van der Waals surface area (Å²) in [6.07, 6.45) is 0.424. The molecule has 2 aromatic rings. The number of nitrogens with zero attached hydrogens (tertiary/aromatic N) is 1. The summed E-state index contributed by atoms with van der Waals surface area (Å²) in [7, 11) is -0.390. The lowest BCUT2D eigenvalue weighted by Crippen LogP contribution is -2.17. The van der Waals surface area contributed by atoms with Gasteiger partial charge in [-0.3, -0.25) is 4.72 Å². The molecule has 0 radical (unpaired) electrons. The van der Waals surface area contributed by atoms with E-state index in [-0.39, 0.29) is 5.75 Å². The number of methoxy groups -OCH3 is 2. The summed E-state index contributed by atoms with van der Waals surface area (Å²) in [5, 5.41) is 0.298. The van der Waals surface area contributed by atoms with Gasteiger partial charge in [0.15, 0.2) is 5.13 Å². The molecule has 1 aromatic carbocycles. The Bertz CT molecular complexity index is 727. The fourth-order valence-corrected chi connectivity index (χ4v) is 4.04. The Balaban J connectivity index is 2.23. The molecule has 0 fully saturated rings. The van der Waals surface area contributed by atoms with Crippen LogP contribution in [0.3, 0.4) is 0 Å². The number of nitrogen functional groups attached to an aromatic ring is 1. The highest BCUT2D eigenvalue weighted by molar-refractivity contribution is 7.92. The lowest BCUT2D eigenvalue weighted by molar-refractivity contribution is 0.199. The van der Waals surface area contributed by atoms with Gasteiger partial charge in [0, 0.05) is 25.5 Å². The molecule has 0 aliphatic rings. The minimum atomic E-state index is -3.44. The van der Waals surface area contributed by atoms with Crippen LogP contribution in [0.1, 0.15) is 6.42 Å². The molecule has 0 spiro atoms. The van der Waals surface area contributed by atoms with Crippen molar-refractivity contribution in [2.75, 3.05) is 37.0 Å². The Morgan fingerprint density at radius 2 is 2.14 bits per heavy atom. The number of hydrogen-bond acceptors (Lipinski definition) is 7. The molecule has 0 saturated carbocycles. The lowest BCUT2D eigenvalue weighted by atomic mass is 10.3. The fourth-order valence-electron chi connectivity index (χ4n) is 1.80. The minimum absolute atomic E-state index is 0.0178. The minimum Gasteiger partial charge on any atom is -0.494 e. The molecular weight excluding hydrogens is 314 g/mol. The van der Waals surface area contributed by atoms with Crippen molar-refractivity contribution in [2.45, 2.75) is 6.42 Å². The largest absolute Gasteiger partial charge is 0.494 e. The van der Waals surface area contributed by atoms with Crippen LogP contribution in [-0.4, -0.2) is 40.0 Å². The Labute approximate surface area is 127 Å². The number of hydrogen-bond donors (Lipinski definition) is 2. The van der Waals surface area contributed by atoms with Crippen LogP contribution in [0.25, 0.3) is 10.2 Å². The normalized spacial score (nSPS) is 11.7. The number of anilines is 2. The van der Waals surface area contributed by atoms with Gasteiger partial charge < -0.3 is 15.2 Å². The molecule has 7 nitrogen and oxygen atoms in total. The summed E-state index contributed by atoms with van der Waals surface area (Å²) in [6.45, 7) is 0.394. The third-order valence-electron chi connectivity index (χ3n) is 2.71. The number of ether oxygens (including phenoxy) is 2. The van der Waals surface area contributed by atoms with Gasteiger partial charge in [0.05, 0.1) is 17.6 Å². The van der Waals surface area contributed by atoms with Gasteiger partial charge >= 0.3 is 0 Å². The summed E-state index contributed by atoms with van der Waals surface area (Å²) in [5.74, 6) is 0.502. The van der Waals surface area contributed by atoms with Crippen LogP contribution >= 0.6 is 11.3 Å². The van der Waals surface area contributed by atoms with Gasteiger partial charge in [0.2, 0.25) is 10.0 Å². The summed E-state index contributed by atoms with van der Waals surface area (Å²) in [4.78, 5) is 4.25. The molecule has 116 valence electrons. The number of fused-ring (bicyclic) bond motifs is 1. The van der Waals surface area contributed by atoms with E-state index < -0.39 is 10.0 Å². The molecular formula is C12H17N3O4S2. The first-order chi connectivity index (χ1) is 9.95. The SMILES string of the molecule is COCCCS(=O)(=O)Nc1nc2c(OC)cc(N)cc2s1. The maximum atomic E-state index is 11.9. The van der Waals surface area contributed by atoms with Crippen LogP contribution in [0, 0.1) is 0 Å². The third-order valence-corrected chi connectivity index (χ3v) is 5.08. The standard InChI is InChI=1S/C12H17N3O4S2/c1-18-4-3-5-21(16,17)15-12-14-11-9(19-2)6-8(13)7-10(11)20-12/h6-7H,3-5,13H2,1-2H3,(H,14,15). The number of thiazole rings is 1. The van der Waals surface area contributed by atoms with E-state index in [0.29, 0.717) is 35.1 Å². The van der Waals surface area contributed by atoms with Gasteiger partial charge in [-0.2, -0.15) is 0 Å². The van der Waals surface area contributed by atoms with Crippen molar-refractivity contribution < 1.29 is 17.9 Å². The molecule has 21 heavy (non-hydrogen) atoms. The van der Waals surface area contributed by atoms with Crippen molar-refractivity contribution in [2.24, 2.45) is 0 Å². The van der Waals surface area contributed by atoms with E-state index in [2.05, 4.69) is 9.71 Å². The molecule has 2 rings (SSSR count). The van der Waals surface area contributed by atoms with Gasteiger partial charge in [-0.15, -0.1) is 0 Å². The molecule has 0 amide bonds. The van der Waals surface area contributed by atoms with Crippen LogP contribution in [0.2, 0.25) is 0 Å². The van der Waals surface area contributed by atoms with Crippen molar-refractivity contribution in [3.05, 3.63) is 12.1 Å². The van der Waals surface area contributed by atoms with Gasteiger partial charge in [-0.25, -0.2) is 13.4 Å².